The number of fused-ring (bicyclic) bond motifs is 1. The average molecular weight is 401 g/mol. The lowest BCUT2D eigenvalue weighted by molar-refractivity contribution is -0.116. The first-order valence-electron chi connectivity index (χ1n) is 10.3. The third kappa shape index (κ3) is 3.41. The van der Waals surface area contributed by atoms with E-state index in [9.17, 15) is 9.90 Å². The molecule has 30 heavy (non-hydrogen) atoms. The molecule has 1 N–H and O–H groups in total. The Balaban J connectivity index is 1.58. The molecule has 2 aliphatic rings. The highest BCUT2D eigenvalue weighted by atomic mass is 16.3. The number of piperidine rings is 1. The summed E-state index contributed by atoms with van der Waals surface area (Å²) in [6, 6.07) is 13.5. The Morgan fingerprint density at radius 1 is 1.03 bits per heavy atom. The van der Waals surface area contributed by atoms with Gasteiger partial charge < -0.3 is 10.0 Å². The molecule has 0 atom stereocenters. The summed E-state index contributed by atoms with van der Waals surface area (Å²) in [5, 5.41) is 9.46. The maximum Gasteiger partial charge on any atom is 0.237 e. The Labute approximate surface area is 175 Å². The van der Waals surface area contributed by atoms with Gasteiger partial charge >= 0.3 is 0 Å². The summed E-state index contributed by atoms with van der Waals surface area (Å²) in [7, 11) is 0. The molecule has 7 heteroatoms. The van der Waals surface area contributed by atoms with E-state index >= 15 is 0 Å². The molecule has 3 aromatic rings. The third-order valence-electron chi connectivity index (χ3n) is 5.87. The van der Waals surface area contributed by atoms with E-state index in [0.29, 0.717) is 24.0 Å². The average Bonchev–Trinajstić information content (AvgIpc) is 3.15. The van der Waals surface area contributed by atoms with Gasteiger partial charge in [0.05, 0.1) is 12.1 Å². The van der Waals surface area contributed by atoms with Crippen LogP contribution in [0, 0.1) is 5.92 Å². The minimum Gasteiger partial charge on any atom is -0.396 e. The largest absolute Gasteiger partial charge is 0.396 e. The van der Waals surface area contributed by atoms with Gasteiger partial charge in [-0.3, -0.25) is 14.7 Å². The van der Waals surface area contributed by atoms with Crippen molar-refractivity contribution in [2.75, 3.05) is 29.5 Å². The molecule has 0 unspecified atom stereocenters. The van der Waals surface area contributed by atoms with Gasteiger partial charge in [-0.2, -0.15) is 0 Å². The van der Waals surface area contributed by atoms with Crippen LogP contribution < -0.4 is 9.80 Å². The zero-order valence-electron chi connectivity index (χ0n) is 16.6. The highest BCUT2D eigenvalue weighted by Gasteiger charge is 2.30. The number of hydrogen-bond acceptors (Lipinski definition) is 6. The molecule has 1 fully saturated rings. The standard InChI is InChI=1S/C23H23N5O2/c29-15-16-7-10-27(11-8-16)20-13-21(26-23(25-20)18-5-3-9-24-14-18)28-19-6-2-1-4-17(19)12-22(28)30/h1-6,9,13-14,16,29H,7-8,10-12,15H2. The van der Waals surface area contributed by atoms with Gasteiger partial charge in [-0.1, -0.05) is 18.2 Å². The Morgan fingerprint density at radius 3 is 2.60 bits per heavy atom. The van der Waals surface area contributed by atoms with Crippen LogP contribution in [-0.2, 0) is 11.2 Å². The summed E-state index contributed by atoms with van der Waals surface area (Å²) in [6.07, 6.45) is 5.67. The van der Waals surface area contributed by atoms with Gasteiger partial charge in [-0.05, 0) is 42.5 Å². The molecular weight excluding hydrogens is 378 g/mol. The first kappa shape index (κ1) is 18.7. The first-order chi connectivity index (χ1) is 14.7. The number of carbonyl (C=O) groups excluding carboxylic acids is 1. The summed E-state index contributed by atoms with van der Waals surface area (Å²) < 4.78 is 0. The summed E-state index contributed by atoms with van der Waals surface area (Å²) >= 11 is 0. The van der Waals surface area contributed by atoms with Gasteiger partial charge in [-0.25, -0.2) is 9.97 Å². The van der Waals surface area contributed by atoms with Crippen LogP contribution in [0.3, 0.4) is 0 Å². The number of aliphatic hydroxyl groups is 1. The smallest absolute Gasteiger partial charge is 0.237 e. The lowest BCUT2D eigenvalue weighted by Crippen LogP contribution is -2.35. The van der Waals surface area contributed by atoms with Crippen molar-refractivity contribution in [3.63, 3.8) is 0 Å². The summed E-state index contributed by atoms with van der Waals surface area (Å²) in [4.78, 5) is 30.5. The second-order valence-corrected chi connectivity index (χ2v) is 7.80. The van der Waals surface area contributed by atoms with Gasteiger partial charge in [0, 0.05) is 43.7 Å². The fraction of sp³-hybridized carbons (Fsp3) is 0.304. The number of amides is 1. The number of rotatable bonds is 4. The predicted octanol–water partition coefficient (Wildman–Crippen LogP) is 2.97. The lowest BCUT2D eigenvalue weighted by Gasteiger charge is -2.32. The van der Waals surface area contributed by atoms with Crippen LogP contribution in [0.5, 0.6) is 0 Å². The predicted molar refractivity (Wildman–Crippen MR) is 115 cm³/mol. The van der Waals surface area contributed by atoms with Crippen molar-refractivity contribution in [1.29, 1.82) is 0 Å². The maximum atomic E-state index is 12.9. The van der Waals surface area contributed by atoms with Crippen molar-refractivity contribution < 1.29 is 9.90 Å². The van der Waals surface area contributed by atoms with E-state index in [-0.39, 0.29) is 12.5 Å². The van der Waals surface area contributed by atoms with Crippen LogP contribution in [0.25, 0.3) is 11.4 Å². The molecule has 4 heterocycles. The zero-order chi connectivity index (χ0) is 20.5. The lowest BCUT2D eigenvalue weighted by atomic mass is 9.98. The minimum absolute atomic E-state index is 0.0111. The van der Waals surface area contributed by atoms with Crippen LogP contribution in [0.15, 0.2) is 54.9 Å². The number of nitrogens with zero attached hydrogens (tertiary/aromatic N) is 5. The molecule has 0 radical (unpaired) electrons. The van der Waals surface area contributed by atoms with E-state index < -0.39 is 0 Å². The van der Waals surface area contributed by atoms with E-state index in [1.54, 1.807) is 17.3 Å². The SMILES string of the molecule is O=C1Cc2ccccc2N1c1cc(N2CCC(CO)CC2)nc(-c2cccnc2)n1. The maximum absolute atomic E-state index is 12.9. The Bertz CT molecular complexity index is 1060. The van der Waals surface area contributed by atoms with Gasteiger partial charge in [0.2, 0.25) is 5.91 Å². The van der Waals surface area contributed by atoms with Crippen molar-refractivity contribution in [2.45, 2.75) is 19.3 Å². The van der Waals surface area contributed by atoms with E-state index in [2.05, 4.69) is 9.88 Å². The topological polar surface area (TPSA) is 82.5 Å². The molecule has 0 saturated carbocycles. The number of pyridine rings is 1. The van der Waals surface area contributed by atoms with Crippen LogP contribution in [0.2, 0.25) is 0 Å². The number of anilines is 3. The molecule has 1 saturated heterocycles. The molecular formula is C23H23N5O2. The third-order valence-corrected chi connectivity index (χ3v) is 5.87. The fourth-order valence-corrected chi connectivity index (χ4v) is 4.17. The number of carbonyl (C=O) groups is 1. The quantitative estimate of drug-likeness (QED) is 0.724. The van der Waals surface area contributed by atoms with Crippen LogP contribution >= 0.6 is 0 Å². The molecule has 152 valence electrons. The highest BCUT2D eigenvalue weighted by Crippen LogP contribution is 2.36. The Kier molecular flexibility index (Phi) is 4.88. The Hall–Kier alpha value is -3.32. The van der Waals surface area contributed by atoms with E-state index in [4.69, 9.17) is 9.97 Å². The monoisotopic (exact) mass is 401 g/mol. The van der Waals surface area contributed by atoms with Gasteiger partial charge in [0.15, 0.2) is 5.82 Å². The number of aliphatic hydroxyl groups excluding tert-OH is 1. The summed E-state index contributed by atoms with van der Waals surface area (Å²) in [5.74, 6) is 2.28. The minimum atomic E-state index is 0.0111. The number of benzene rings is 1. The zero-order valence-corrected chi connectivity index (χ0v) is 16.6. The number of hydrogen-bond donors (Lipinski definition) is 1. The highest BCUT2D eigenvalue weighted by molar-refractivity contribution is 6.06. The molecule has 0 bridgehead atoms. The Morgan fingerprint density at radius 2 is 1.83 bits per heavy atom. The second-order valence-electron chi connectivity index (χ2n) is 7.80. The van der Waals surface area contributed by atoms with Crippen molar-refractivity contribution >= 4 is 23.2 Å². The van der Waals surface area contributed by atoms with E-state index in [1.807, 2.05) is 42.5 Å². The molecule has 1 amide bonds. The first-order valence-corrected chi connectivity index (χ1v) is 10.3. The van der Waals surface area contributed by atoms with Gasteiger partial charge in [0.1, 0.15) is 11.6 Å². The summed E-state index contributed by atoms with van der Waals surface area (Å²) in [5.41, 5.74) is 2.70. The normalized spacial score (nSPS) is 16.8. The van der Waals surface area contributed by atoms with Crippen LogP contribution in [0.4, 0.5) is 17.3 Å². The number of para-hydroxylation sites is 1. The molecule has 0 spiro atoms. The van der Waals surface area contributed by atoms with E-state index in [0.717, 1.165) is 48.6 Å². The second kappa shape index (κ2) is 7.84. The van der Waals surface area contributed by atoms with Crippen molar-refractivity contribution in [3.8, 4) is 11.4 Å². The fourth-order valence-electron chi connectivity index (χ4n) is 4.17. The number of aromatic nitrogens is 3. The van der Waals surface area contributed by atoms with Crippen molar-refractivity contribution in [1.82, 2.24) is 15.0 Å². The molecule has 5 rings (SSSR count). The van der Waals surface area contributed by atoms with E-state index in [1.165, 1.54) is 0 Å². The molecule has 2 aromatic heterocycles. The molecule has 0 aliphatic carbocycles. The van der Waals surface area contributed by atoms with Crippen LogP contribution in [0.1, 0.15) is 18.4 Å². The van der Waals surface area contributed by atoms with Gasteiger partial charge in [0.25, 0.3) is 0 Å². The summed E-state index contributed by atoms with van der Waals surface area (Å²) in [6.45, 7) is 1.86. The molecule has 1 aromatic carbocycles. The molecule has 7 nitrogen and oxygen atoms in total. The van der Waals surface area contributed by atoms with Crippen molar-refractivity contribution in [3.05, 3.63) is 60.4 Å². The van der Waals surface area contributed by atoms with Crippen molar-refractivity contribution in [2.24, 2.45) is 5.92 Å². The van der Waals surface area contributed by atoms with Gasteiger partial charge in [-0.15, -0.1) is 0 Å². The molecule has 2 aliphatic heterocycles. The van der Waals surface area contributed by atoms with Crippen LogP contribution in [-0.4, -0.2) is 45.7 Å².